The van der Waals surface area contributed by atoms with E-state index in [1.807, 2.05) is 0 Å². The molecule has 0 N–H and O–H groups in total. The maximum absolute atomic E-state index is 13.1. The van der Waals surface area contributed by atoms with Gasteiger partial charge < -0.3 is 4.57 Å². The SMILES string of the molecule is O=c1c(Cc2ccc(F)cc2)cc2c(n1CC1CCC1)CCCC2. The van der Waals surface area contributed by atoms with Crippen molar-refractivity contribution in [1.82, 2.24) is 4.57 Å². The predicted octanol–water partition coefficient (Wildman–Crippen LogP) is 4.26. The molecule has 2 nitrogen and oxygen atoms in total. The molecule has 1 heterocycles. The van der Waals surface area contributed by atoms with Crippen LogP contribution >= 0.6 is 0 Å². The van der Waals surface area contributed by atoms with Crippen LogP contribution in [0.5, 0.6) is 0 Å². The summed E-state index contributed by atoms with van der Waals surface area (Å²) in [6.45, 7) is 0.887. The smallest absolute Gasteiger partial charge is 0.254 e. The minimum Gasteiger partial charge on any atom is -0.312 e. The number of rotatable bonds is 4. The third-order valence-corrected chi connectivity index (χ3v) is 5.65. The largest absolute Gasteiger partial charge is 0.312 e. The van der Waals surface area contributed by atoms with Crippen molar-refractivity contribution in [2.75, 3.05) is 0 Å². The third-order valence-electron chi connectivity index (χ3n) is 5.65. The van der Waals surface area contributed by atoms with Crippen LogP contribution in [0.1, 0.15) is 54.5 Å². The fourth-order valence-electron chi connectivity index (χ4n) is 4.02. The van der Waals surface area contributed by atoms with Gasteiger partial charge in [0.1, 0.15) is 5.82 Å². The van der Waals surface area contributed by atoms with E-state index < -0.39 is 0 Å². The molecular formula is C21H24FNO. The van der Waals surface area contributed by atoms with E-state index in [0.29, 0.717) is 12.3 Å². The number of fused-ring (bicyclic) bond motifs is 1. The van der Waals surface area contributed by atoms with Crippen molar-refractivity contribution in [3.63, 3.8) is 0 Å². The van der Waals surface area contributed by atoms with Crippen LogP contribution in [0.4, 0.5) is 4.39 Å². The van der Waals surface area contributed by atoms with Crippen molar-refractivity contribution in [3.8, 4) is 0 Å². The Morgan fingerprint density at radius 3 is 2.50 bits per heavy atom. The van der Waals surface area contributed by atoms with Gasteiger partial charge in [-0.15, -0.1) is 0 Å². The summed E-state index contributed by atoms with van der Waals surface area (Å²) in [6.07, 6.45) is 8.92. The summed E-state index contributed by atoms with van der Waals surface area (Å²) in [4.78, 5) is 13.1. The van der Waals surface area contributed by atoms with Crippen molar-refractivity contribution in [1.29, 1.82) is 0 Å². The molecule has 1 aromatic heterocycles. The van der Waals surface area contributed by atoms with E-state index in [1.54, 1.807) is 12.1 Å². The minimum atomic E-state index is -0.230. The monoisotopic (exact) mass is 325 g/mol. The van der Waals surface area contributed by atoms with Crippen molar-refractivity contribution in [2.24, 2.45) is 5.92 Å². The van der Waals surface area contributed by atoms with Gasteiger partial charge in [0.2, 0.25) is 0 Å². The second kappa shape index (κ2) is 6.54. The van der Waals surface area contributed by atoms with Crippen molar-refractivity contribution in [2.45, 2.75) is 57.9 Å². The second-order valence-corrected chi connectivity index (χ2v) is 7.36. The van der Waals surface area contributed by atoms with E-state index in [1.165, 1.54) is 55.5 Å². The van der Waals surface area contributed by atoms with Gasteiger partial charge in [0.25, 0.3) is 5.56 Å². The fraction of sp³-hybridized carbons (Fsp3) is 0.476. The highest BCUT2D eigenvalue weighted by atomic mass is 19.1. The molecule has 0 bridgehead atoms. The molecule has 0 radical (unpaired) electrons. The molecule has 2 aromatic rings. The Balaban J connectivity index is 1.71. The number of aryl methyl sites for hydroxylation is 1. The van der Waals surface area contributed by atoms with Gasteiger partial charge in [0.15, 0.2) is 0 Å². The first-order chi connectivity index (χ1) is 11.7. The summed E-state index contributed by atoms with van der Waals surface area (Å²) in [5.74, 6) is 0.446. The van der Waals surface area contributed by atoms with Crippen molar-refractivity contribution in [3.05, 3.63) is 68.9 Å². The molecule has 24 heavy (non-hydrogen) atoms. The maximum Gasteiger partial charge on any atom is 0.254 e. The molecule has 0 amide bonds. The first-order valence-electron chi connectivity index (χ1n) is 9.19. The van der Waals surface area contributed by atoms with E-state index in [4.69, 9.17) is 0 Å². The van der Waals surface area contributed by atoms with Gasteiger partial charge >= 0.3 is 0 Å². The zero-order valence-electron chi connectivity index (χ0n) is 14.1. The minimum absolute atomic E-state index is 0.173. The lowest BCUT2D eigenvalue weighted by Crippen LogP contribution is -2.33. The molecule has 0 aliphatic heterocycles. The van der Waals surface area contributed by atoms with Crippen LogP contribution in [0, 0.1) is 11.7 Å². The number of halogens is 1. The molecule has 2 aliphatic rings. The molecule has 1 aromatic carbocycles. The average Bonchev–Trinajstić information content (AvgIpc) is 2.55. The molecule has 4 rings (SSSR count). The number of benzene rings is 1. The van der Waals surface area contributed by atoms with E-state index in [9.17, 15) is 9.18 Å². The number of pyridine rings is 1. The van der Waals surface area contributed by atoms with Crippen LogP contribution in [0.2, 0.25) is 0 Å². The number of aromatic nitrogens is 1. The van der Waals surface area contributed by atoms with Gasteiger partial charge in [-0.25, -0.2) is 4.39 Å². The summed E-state index contributed by atoms with van der Waals surface area (Å²) in [6, 6.07) is 8.63. The van der Waals surface area contributed by atoms with Crippen LogP contribution in [0.25, 0.3) is 0 Å². The fourth-order valence-corrected chi connectivity index (χ4v) is 4.02. The molecule has 126 valence electrons. The lowest BCUT2D eigenvalue weighted by Gasteiger charge is -2.30. The summed E-state index contributed by atoms with van der Waals surface area (Å²) in [5, 5.41) is 0. The van der Waals surface area contributed by atoms with E-state index in [0.717, 1.165) is 30.5 Å². The highest BCUT2D eigenvalue weighted by molar-refractivity contribution is 5.32. The Morgan fingerprint density at radius 2 is 1.79 bits per heavy atom. The van der Waals surface area contributed by atoms with E-state index in [2.05, 4.69) is 10.6 Å². The Bertz CT molecular complexity index is 787. The molecule has 1 saturated carbocycles. The average molecular weight is 325 g/mol. The summed E-state index contributed by atoms with van der Waals surface area (Å²) in [7, 11) is 0. The highest BCUT2D eigenvalue weighted by Gasteiger charge is 2.23. The van der Waals surface area contributed by atoms with E-state index >= 15 is 0 Å². The standard InChI is InChI=1S/C21H24FNO/c22-19-10-8-15(9-11-19)12-18-13-17-6-1-2-7-20(17)23(21(18)24)14-16-4-3-5-16/h8-11,13,16H,1-7,12,14H2. The summed E-state index contributed by atoms with van der Waals surface area (Å²) >= 11 is 0. The maximum atomic E-state index is 13.1. The van der Waals surface area contributed by atoms with Gasteiger partial charge in [-0.3, -0.25) is 4.79 Å². The molecule has 0 unspecified atom stereocenters. The summed E-state index contributed by atoms with van der Waals surface area (Å²) in [5.41, 5.74) is 4.67. The topological polar surface area (TPSA) is 22.0 Å². The molecule has 3 heteroatoms. The lowest BCUT2D eigenvalue weighted by molar-refractivity contribution is 0.269. The Labute approximate surface area is 142 Å². The molecule has 2 aliphatic carbocycles. The first-order valence-corrected chi connectivity index (χ1v) is 9.19. The van der Waals surface area contributed by atoms with E-state index in [-0.39, 0.29) is 11.4 Å². The zero-order valence-corrected chi connectivity index (χ0v) is 14.1. The highest BCUT2D eigenvalue weighted by Crippen LogP contribution is 2.29. The molecular weight excluding hydrogens is 301 g/mol. The van der Waals surface area contributed by atoms with Gasteiger partial charge in [-0.2, -0.15) is 0 Å². The quantitative estimate of drug-likeness (QED) is 0.823. The van der Waals surface area contributed by atoms with Crippen LogP contribution in [-0.2, 0) is 25.8 Å². The lowest BCUT2D eigenvalue weighted by atomic mass is 9.84. The Hall–Kier alpha value is -1.90. The molecule has 0 atom stereocenters. The second-order valence-electron chi connectivity index (χ2n) is 7.36. The molecule has 0 spiro atoms. The van der Waals surface area contributed by atoms with Crippen LogP contribution in [0.15, 0.2) is 35.1 Å². The number of hydrogen-bond acceptors (Lipinski definition) is 1. The Morgan fingerprint density at radius 1 is 1.04 bits per heavy atom. The first kappa shape index (κ1) is 15.6. The predicted molar refractivity (Wildman–Crippen MR) is 93.9 cm³/mol. The van der Waals surface area contributed by atoms with Crippen LogP contribution in [-0.4, -0.2) is 4.57 Å². The van der Waals surface area contributed by atoms with Crippen LogP contribution in [0.3, 0.4) is 0 Å². The molecule has 0 saturated heterocycles. The van der Waals surface area contributed by atoms with Crippen molar-refractivity contribution < 1.29 is 4.39 Å². The van der Waals surface area contributed by atoms with Gasteiger partial charge in [-0.1, -0.05) is 18.6 Å². The van der Waals surface area contributed by atoms with Crippen molar-refractivity contribution >= 4 is 0 Å². The summed E-state index contributed by atoms with van der Waals surface area (Å²) < 4.78 is 15.2. The van der Waals surface area contributed by atoms with Gasteiger partial charge in [-0.05, 0) is 73.8 Å². The number of hydrogen-bond donors (Lipinski definition) is 0. The van der Waals surface area contributed by atoms with Crippen LogP contribution < -0.4 is 5.56 Å². The van der Waals surface area contributed by atoms with Gasteiger partial charge in [0, 0.05) is 24.2 Å². The number of nitrogens with zero attached hydrogens (tertiary/aromatic N) is 1. The molecule has 1 fully saturated rings. The Kier molecular flexibility index (Phi) is 4.26. The third kappa shape index (κ3) is 3.04. The zero-order chi connectivity index (χ0) is 16.5. The van der Waals surface area contributed by atoms with Gasteiger partial charge in [0.05, 0.1) is 0 Å². The normalized spacial score (nSPS) is 17.4.